The molecule has 0 aliphatic carbocycles. The molecule has 0 atom stereocenters. The largest absolute Gasteiger partial charge is 0.463 e. The fourth-order valence-electron chi connectivity index (χ4n) is 1.51. The molecule has 1 aromatic heterocycles. The lowest BCUT2D eigenvalue weighted by Crippen LogP contribution is -2.21. The quantitative estimate of drug-likeness (QED) is 0.661. The molecule has 0 radical (unpaired) electrons. The van der Waals surface area contributed by atoms with E-state index in [4.69, 9.17) is 4.42 Å². The van der Waals surface area contributed by atoms with Crippen molar-refractivity contribution in [3.05, 3.63) is 60.1 Å². The van der Waals surface area contributed by atoms with Crippen LogP contribution in [0.2, 0.25) is 0 Å². The Kier molecular flexibility index (Phi) is 3.91. The summed E-state index contributed by atoms with van der Waals surface area (Å²) in [6.45, 7) is 1.78. The van der Waals surface area contributed by atoms with E-state index in [0.717, 1.165) is 5.56 Å². The Bertz CT molecular complexity index is 530. The van der Waals surface area contributed by atoms with Gasteiger partial charge in [0.05, 0.1) is 12.7 Å². The van der Waals surface area contributed by atoms with E-state index in [1.807, 2.05) is 30.3 Å². The molecule has 0 saturated carbocycles. The second kappa shape index (κ2) is 5.82. The van der Waals surface area contributed by atoms with Crippen molar-refractivity contribution in [3.8, 4) is 0 Å². The zero-order valence-electron chi connectivity index (χ0n) is 10.1. The first-order valence-corrected chi connectivity index (χ1v) is 5.66. The van der Waals surface area contributed by atoms with Gasteiger partial charge in [-0.1, -0.05) is 30.3 Å². The van der Waals surface area contributed by atoms with Crippen LogP contribution in [0.15, 0.2) is 58.2 Å². The van der Waals surface area contributed by atoms with Crippen LogP contribution in [0.3, 0.4) is 0 Å². The first-order chi connectivity index (χ1) is 8.75. The van der Waals surface area contributed by atoms with Crippen LogP contribution in [-0.4, -0.2) is 11.6 Å². The number of hydrogen-bond acceptors (Lipinski definition) is 3. The van der Waals surface area contributed by atoms with E-state index < -0.39 is 0 Å². The highest BCUT2D eigenvalue weighted by molar-refractivity contribution is 5.96. The number of furan rings is 1. The molecule has 1 amide bonds. The van der Waals surface area contributed by atoms with Crippen molar-refractivity contribution in [1.82, 2.24) is 5.43 Å². The molecule has 92 valence electrons. The second-order valence-electron chi connectivity index (χ2n) is 3.87. The first kappa shape index (κ1) is 12.1. The second-order valence-corrected chi connectivity index (χ2v) is 3.87. The van der Waals surface area contributed by atoms with E-state index in [9.17, 15) is 4.79 Å². The van der Waals surface area contributed by atoms with Gasteiger partial charge < -0.3 is 4.42 Å². The molecule has 0 spiro atoms. The average molecular weight is 242 g/mol. The zero-order chi connectivity index (χ0) is 12.8. The Morgan fingerprint density at radius 3 is 2.67 bits per heavy atom. The monoisotopic (exact) mass is 242 g/mol. The van der Waals surface area contributed by atoms with Gasteiger partial charge in [0.15, 0.2) is 0 Å². The summed E-state index contributed by atoms with van der Waals surface area (Å²) >= 11 is 0. The smallest absolute Gasteiger partial charge is 0.244 e. The number of carbonyl (C=O) groups excluding carboxylic acids is 1. The molecule has 2 rings (SSSR count). The molecule has 4 nitrogen and oxygen atoms in total. The van der Waals surface area contributed by atoms with Gasteiger partial charge in [-0.2, -0.15) is 5.10 Å². The molecule has 0 bridgehead atoms. The predicted octanol–water partition coefficient (Wildman–Crippen LogP) is 2.36. The highest BCUT2D eigenvalue weighted by Gasteiger charge is 2.03. The highest BCUT2D eigenvalue weighted by atomic mass is 16.3. The Hall–Kier alpha value is -2.36. The summed E-state index contributed by atoms with van der Waals surface area (Å²) in [5.74, 6) is 0.502. The van der Waals surface area contributed by atoms with E-state index >= 15 is 0 Å². The molecule has 4 heteroatoms. The summed E-state index contributed by atoms with van der Waals surface area (Å²) in [7, 11) is 0. The van der Waals surface area contributed by atoms with E-state index in [2.05, 4.69) is 10.5 Å². The lowest BCUT2D eigenvalue weighted by atomic mass is 10.1. The molecule has 2 aromatic rings. The van der Waals surface area contributed by atoms with Crippen LogP contribution in [-0.2, 0) is 11.2 Å². The summed E-state index contributed by atoms with van der Waals surface area (Å²) < 4.78 is 5.16. The topological polar surface area (TPSA) is 54.6 Å². The number of amides is 1. The van der Waals surface area contributed by atoms with E-state index in [1.165, 1.54) is 0 Å². The minimum absolute atomic E-state index is 0.146. The van der Waals surface area contributed by atoms with Crippen molar-refractivity contribution in [2.75, 3.05) is 0 Å². The number of carbonyl (C=O) groups is 1. The standard InChI is InChI=1S/C14H14N2O2/c1-11(13-8-5-9-18-13)15-16-14(17)10-12-6-3-2-4-7-12/h2-9H,10H2,1H3,(H,16,17)/b15-11-. The van der Waals surface area contributed by atoms with Crippen molar-refractivity contribution < 1.29 is 9.21 Å². The van der Waals surface area contributed by atoms with E-state index in [0.29, 0.717) is 17.9 Å². The zero-order valence-corrected chi connectivity index (χ0v) is 10.1. The molecule has 0 saturated heterocycles. The molecule has 18 heavy (non-hydrogen) atoms. The molecule has 0 fully saturated rings. The van der Waals surface area contributed by atoms with E-state index in [-0.39, 0.29) is 5.91 Å². The fraction of sp³-hybridized carbons (Fsp3) is 0.143. The molecule has 0 unspecified atom stereocenters. The third-order valence-corrected chi connectivity index (χ3v) is 2.43. The Labute approximate surface area is 105 Å². The van der Waals surface area contributed by atoms with Crippen molar-refractivity contribution in [3.63, 3.8) is 0 Å². The van der Waals surface area contributed by atoms with Crippen LogP contribution in [0.5, 0.6) is 0 Å². The Morgan fingerprint density at radius 2 is 2.00 bits per heavy atom. The van der Waals surface area contributed by atoms with Crippen LogP contribution in [0.25, 0.3) is 0 Å². The lowest BCUT2D eigenvalue weighted by molar-refractivity contribution is -0.120. The third-order valence-electron chi connectivity index (χ3n) is 2.43. The number of benzene rings is 1. The maximum Gasteiger partial charge on any atom is 0.244 e. The molecule has 1 aromatic carbocycles. The molecular formula is C14H14N2O2. The number of hydrogen-bond donors (Lipinski definition) is 1. The van der Waals surface area contributed by atoms with Gasteiger partial charge in [-0.15, -0.1) is 0 Å². The Morgan fingerprint density at radius 1 is 1.22 bits per heavy atom. The predicted molar refractivity (Wildman–Crippen MR) is 69.2 cm³/mol. The SMILES string of the molecule is C/C(=N/NC(=O)Cc1ccccc1)c1ccco1. The molecule has 0 aliphatic rings. The van der Waals surface area contributed by atoms with Gasteiger partial charge in [-0.3, -0.25) is 4.79 Å². The lowest BCUT2D eigenvalue weighted by Gasteiger charge is -2.01. The minimum atomic E-state index is -0.146. The van der Waals surface area contributed by atoms with Crippen molar-refractivity contribution >= 4 is 11.6 Å². The van der Waals surface area contributed by atoms with Gasteiger partial charge in [0, 0.05) is 0 Å². The van der Waals surface area contributed by atoms with Crippen molar-refractivity contribution in [1.29, 1.82) is 0 Å². The van der Waals surface area contributed by atoms with Gasteiger partial charge in [-0.05, 0) is 24.6 Å². The van der Waals surface area contributed by atoms with Gasteiger partial charge in [0.25, 0.3) is 0 Å². The summed E-state index contributed by atoms with van der Waals surface area (Å²) in [6.07, 6.45) is 1.88. The van der Waals surface area contributed by atoms with E-state index in [1.54, 1.807) is 25.3 Å². The van der Waals surface area contributed by atoms with Crippen LogP contribution < -0.4 is 5.43 Å². The maximum absolute atomic E-state index is 11.6. The van der Waals surface area contributed by atoms with Crippen LogP contribution in [0, 0.1) is 0 Å². The van der Waals surface area contributed by atoms with Crippen LogP contribution in [0.4, 0.5) is 0 Å². The van der Waals surface area contributed by atoms with Crippen LogP contribution in [0.1, 0.15) is 18.2 Å². The molecule has 1 heterocycles. The molecule has 0 aliphatic heterocycles. The maximum atomic E-state index is 11.6. The summed E-state index contributed by atoms with van der Waals surface area (Å²) in [4.78, 5) is 11.6. The summed E-state index contributed by atoms with van der Waals surface area (Å²) in [5.41, 5.74) is 4.11. The summed E-state index contributed by atoms with van der Waals surface area (Å²) in [6, 6.07) is 13.1. The first-order valence-electron chi connectivity index (χ1n) is 5.66. The normalized spacial score (nSPS) is 11.3. The summed E-state index contributed by atoms with van der Waals surface area (Å²) in [5, 5.41) is 3.99. The number of rotatable bonds is 4. The average Bonchev–Trinajstić information content (AvgIpc) is 2.91. The Balaban J connectivity index is 1.91. The molecule has 1 N–H and O–H groups in total. The number of nitrogens with one attached hydrogen (secondary N) is 1. The van der Waals surface area contributed by atoms with Gasteiger partial charge in [-0.25, -0.2) is 5.43 Å². The van der Waals surface area contributed by atoms with Gasteiger partial charge >= 0.3 is 0 Å². The fourth-order valence-corrected chi connectivity index (χ4v) is 1.51. The molecular weight excluding hydrogens is 228 g/mol. The van der Waals surface area contributed by atoms with Gasteiger partial charge in [0.1, 0.15) is 11.5 Å². The number of nitrogens with zero attached hydrogens (tertiary/aromatic N) is 1. The highest BCUT2D eigenvalue weighted by Crippen LogP contribution is 2.02. The van der Waals surface area contributed by atoms with Gasteiger partial charge in [0.2, 0.25) is 5.91 Å². The minimum Gasteiger partial charge on any atom is -0.463 e. The van der Waals surface area contributed by atoms with Crippen molar-refractivity contribution in [2.24, 2.45) is 5.10 Å². The number of hydrazone groups is 1. The van der Waals surface area contributed by atoms with Crippen LogP contribution >= 0.6 is 0 Å². The third kappa shape index (κ3) is 3.31. The van der Waals surface area contributed by atoms with Crippen molar-refractivity contribution in [2.45, 2.75) is 13.3 Å².